The molecule has 0 aliphatic carbocycles. The highest BCUT2D eigenvalue weighted by molar-refractivity contribution is 4.96. The first-order valence-corrected chi connectivity index (χ1v) is 8.02. The van der Waals surface area contributed by atoms with Crippen LogP contribution in [0, 0.1) is 5.92 Å². The summed E-state index contributed by atoms with van der Waals surface area (Å²) in [5.74, 6) is 1.84. The monoisotopic (exact) mass is 293 g/mol. The van der Waals surface area contributed by atoms with Crippen LogP contribution in [-0.2, 0) is 23.1 Å². The van der Waals surface area contributed by atoms with Crippen LogP contribution in [0.2, 0.25) is 0 Å². The molecule has 2 saturated heterocycles. The lowest BCUT2D eigenvalue weighted by atomic mass is 9.84. The molecular weight excluding hydrogens is 266 g/mol. The summed E-state index contributed by atoms with van der Waals surface area (Å²) in [5.41, 5.74) is 0.149. The first-order valence-electron chi connectivity index (χ1n) is 8.02. The van der Waals surface area contributed by atoms with Gasteiger partial charge in [-0.25, -0.2) is 4.98 Å². The second-order valence-electron chi connectivity index (χ2n) is 6.58. The molecule has 0 unspecified atom stereocenters. The van der Waals surface area contributed by atoms with Crippen molar-refractivity contribution in [1.82, 2.24) is 14.5 Å². The lowest BCUT2D eigenvalue weighted by Gasteiger charge is -2.38. The normalized spacial score (nSPS) is 25.7. The summed E-state index contributed by atoms with van der Waals surface area (Å²) in [6, 6.07) is 0. The second kappa shape index (κ2) is 6.46. The van der Waals surface area contributed by atoms with Gasteiger partial charge in [-0.1, -0.05) is 0 Å². The summed E-state index contributed by atoms with van der Waals surface area (Å²) in [5, 5.41) is 0. The highest BCUT2D eigenvalue weighted by atomic mass is 16.5. The van der Waals surface area contributed by atoms with Crippen LogP contribution in [0.25, 0.3) is 0 Å². The predicted octanol–water partition coefficient (Wildman–Crippen LogP) is 1.83. The smallest absolute Gasteiger partial charge is 0.122 e. The number of hydrogen-bond donors (Lipinski definition) is 0. The molecule has 118 valence electrons. The van der Waals surface area contributed by atoms with Gasteiger partial charge in [-0.3, -0.25) is 4.90 Å². The molecule has 2 aliphatic rings. The van der Waals surface area contributed by atoms with Crippen LogP contribution in [0.3, 0.4) is 0 Å². The maximum Gasteiger partial charge on any atom is 0.122 e. The molecule has 0 saturated carbocycles. The van der Waals surface area contributed by atoms with Crippen LogP contribution in [0.4, 0.5) is 0 Å². The fraction of sp³-hybridized carbons (Fsp3) is 0.812. The zero-order valence-corrected chi connectivity index (χ0v) is 13.3. The van der Waals surface area contributed by atoms with Crippen LogP contribution >= 0.6 is 0 Å². The number of rotatable bonds is 5. The largest absolute Gasteiger partial charge is 0.385 e. The van der Waals surface area contributed by atoms with Gasteiger partial charge in [0.05, 0.1) is 18.8 Å². The first kappa shape index (κ1) is 15.0. The zero-order chi connectivity index (χ0) is 14.7. The van der Waals surface area contributed by atoms with E-state index in [1.54, 1.807) is 7.11 Å². The van der Waals surface area contributed by atoms with E-state index in [0.29, 0.717) is 5.92 Å². The number of hydrogen-bond acceptors (Lipinski definition) is 4. The third-order valence-corrected chi connectivity index (χ3v) is 5.07. The standard InChI is InChI=1S/C16H27N3O2/c1-18-9-6-17-15(18)12-19-7-4-16(5-8-19)11-14(13-21-16)3-10-20-2/h6,9,14H,3-5,7-8,10-13H2,1-2H3/t14-/m0/s1. The van der Waals surface area contributed by atoms with Crippen LogP contribution in [0.15, 0.2) is 12.4 Å². The van der Waals surface area contributed by atoms with E-state index in [1.165, 1.54) is 6.42 Å². The van der Waals surface area contributed by atoms with Gasteiger partial charge in [0.1, 0.15) is 5.82 Å². The van der Waals surface area contributed by atoms with Crippen molar-refractivity contribution in [3.63, 3.8) is 0 Å². The van der Waals surface area contributed by atoms with E-state index >= 15 is 0 Å². The molecule has 0 N–H and O–H groups in total. The predicted molar refractivity (Wildman–Crippen MR) is 81.0 cm³/mol. The van der Waals surface area contributed by atoms with Crippen molar-refractivity contribution in [1.29, 1.82) is 0 Å². The van der Waals surface area contributed by atoms with E-state index in [-0.39, 0.29) is 5.60 Å². The highest BCUT2D eigenvalue weighted by Gasteiger charge is 2.42. The molecule has 1 atom stereocenters. The van der Waals surface area contributed by atoms with Crippen molar-refractivity contribution in [2.24, 2.45) is 13.0 Å². The van der Waals surface area contributed by atoms with Crippen molar-refractivity contribution in [3.05, 3.63) is 18.2 Å². The summed E-state index contributed by atoms with van der Waals surface area (Å²) in [4.78, 5) is 6.92. The molecule has 2 aliphatic heterocycles. The number of methoxy groups -OCH3 is 1. The lowest BCUT2D eigenvalue weighted by molar-refractivity contribution is -0.0456. The number of aryl methyl sites for hydroxylation is 1. The Labute approximate surface area is 127 Å². The van der Waals surface area contributed by atoms with Gasteiger partial charge >= 0.3 is 0 Å². The number of imidazole rings is 1. The van der Waals surface area contributed by atoms with Crippen molar-refractivity contribution in [2.75, 3.05) is 33.4 Å². The fourth-order valence-corrected chi connectivity index (χ4v) is 3.62. The summed E-state index contributed by atoms with van der Waals surface area (Å²) in [7, 11) is 3.84. The molecule has 5 heteroatoms. The van der Waals surface area contributed by atoms with E-state index in [2.05, 4.69) is 21.5 Å². The Kier molecular flexibility index (Phi) is 4.62. The van der Waals surface area contributed by atoms with E-state index in [4.69, 9.17) is 9.47 Å². The third kappa shape index (κ3) is 3.47. The molecular formula is C16H27N3O2. The average molecular weight is 293 g/mol. The highest BCUT2D eigenvalue weighted by Crippen LogP contribution is 2.39. The molecule has 1 spiro atoms. The Morgan fingerprint density at radius 2 is 2.24 bits per heavy atom. The van der Waals surface area contributed by atoms with Gasteiger partial charge in [-0.05, 0) is 31.6 Å². The van der Waals surface area contributed by atoms with Gasteiger partial charge in [0.2, 0.25) is 0 Å². The van der Waals surface area contributed by atoms with Gasteiger partial charge in [0.25, 0.3) is 0 Å². The van der Waals surface area contributed by atoms with E-state index in [9.17, 15) is 0 Å². The van der Waals surface area contributed by atoms with E-state index < -0.39 is 0 Å². The minimum Gasteiger partial charge on any atom is -0.385 e. The van der Waals surface area contributed by atoms with E-state index in [1.807, 2.05) is 12.4 Å². The number of piperidine rings is 1. The van der Waals surface area contributed by atoms with Gasteiger partial charge in [0, 0.05) is 46.2 Å². The first-order chi connectivity index (χ1) is 10.2. The molecule has 0 amide bonds. The van der Waals surface area contributed by atoms with Crippen molar-refractivity contribution in [3.8, 4) is 0 Å². The van der Waals surface area contributed by atoms with E-state index in [0.717, 1.165) is 57.9 Å². The SMILES string of the molecule is COCC[C@@H]1COC2(CCN(Cc3nccn3C)CC2)C1. The summed E-state index contributed by atoms with van der Waals surface area (Å²) in [6.07, 6.45) is 8.55. The van der Waals surface area contributed by atoms with Crippen LogP contribution in [0.1, 0.15) is 31.5 Å². The van der Waals surface area contributed by atoms with Crippen molar-refractivity contribution in [2.45, 2.75) is 37.8 Å². The summed E-state index contributed by atoms with van der Waals surface area (Å²) >= 11 is 0. The van der Waals surface area contributed by atoms with Crippen LogP contribution < -0.4 is 0 Å². The Hall–Kier alpha value is -0.910. The Balaban J connectivity index is 1.48. The molecule has 3 rings (SSSR count). The number of nitrogens with zero attached hydrogens (tertiary/aromatic N) is 3. The molecule has 0 radical (unpaired) electrons. The summed E-state index contributed by atoms with van der Waals surface area (Å²) in [6.45, 7) is 4.96. The molecule has 1 aromatic rings. The Bertz CT molecular complexity index is 452. The van der Waals surface area contributed by atoms with Gasteiger partial charge < -0.3 is 14.0 Å². The third-order valence-electron chi connectivity index (χ3n) is 5.07. The quantitative estimate of drug-likeness (QED) is 0.830. The molecule has 2 fully saturated rings. The Morgan fingerprint density at radius 3 is 2.90 bits per heavy atom. The zero-order valence-electron chi connectivity index (χ0n) is 13.3. The minimum absolute atomic E-state index is 0.149. The molecule has 1 aromatic heterocycles. The van der Waals surface area contributed by atoms with Gasteiger partial charge in [0.15, 0.2) is 0 Å². The average Bonchev–Trinajstić information content (AvgIpc) is 3.07. The van der Waals surface area contributed by atoms with Gasteiger partial charge in [-0.15, -0.1) is 0 Å². The Morgan fingerprint density at radius 1 is 1.43 bits per heavy atom. The maximum absolute atomic E-state index is 6.20. The second-order valence-corrected chi connectivity index (χ2v) is 6.58. The van der Waals surface area contributed by atoms with Crippen LogP contribution in [0.5, 0.6) is 0 Å². The molecule has 5 nitrogen and oxygen atoms in total. The van der Waals surface area contributed by atoms with Gasteiger partial charge in [-0.2, -0.15) is 0 Å². The minimum atomic E-state index is 0.149. The number of ether oxygens (including phenoxy) is 2. The topological polar surface area (TPSA) is 39.5 Å². The summed E-state index contributed by atoms with van der Waals surface area (Å²) < 4.78 is 13.5. The number of likely N-dealkylation sites (tertiary alicyclic amines) is 1. The van der Waals surface area contributed by atoms with Crippen molar-refractivity contribution >= 4 is 0 Å². The maximum atomic E-state index is 6.20. The van der Waals surface area contributed by atoms with Crippen LogP contribution in [-0.4, -0.2) is 53.5 Å². The molecule has 3 heterocycles. The molecule has 0 bridgehead atoms. The fourth-order valence-electron chi connectivity index (χ4n) is 3.62. The number of aromatic nitrogens is 2. The molecule has 0 aromatic carbocycles. The van der Waals surface area contributed by atoms with Crippen molar-refractivity contribution < 1.29 is 9.47 Å². The molecule has 21 heavy (non-hydrogen) atoms. The lowest BCUT2D eigenvalue weighted by Crippen LogP contribution is -2.44.